The Kier molecular flexibility index (Phi) is 3.70. The maximum absolute atomic E-state index is 13.1. The van der Waals surface area contributed by atoms with Crippen molar-refractivity contribution < 1.29 is 4.39 Å². The number of rotatable bonds is 4. The van der Waals surface area contributed by atoms with Crippen LogP contribution in [0.4, 0.5) is 21.8 Å². The van der Waals surface area contributed by atoms with Crippen molar-refractivity contribution in [1.29, 1.82) is 0 Å². The lowest BCUT2D eigenvalue weighted by molar-refractivity contribution is 0.627. The van der Waals surface area contributed by atoms with Gasteiger partial charge in [0.05, 0.1) is 12.0 Å². The third-order valence-electron chi connectivity index (χ3n) is 2.80. The van der Waals surface area contributed by atoms with Crippen LogP contribution in [-0.4, -0.2) is 26.5 Å². The van der Waals surface area contributed by atoms with Gasteiger partial charge in [0.2, 0.25) is 5.95 Å². The van der Waals surface area contributed by atoms with E-state index in [0.717, 1.165) is 0 Å². The van der Waals surface area contributed by atoms with Crippen molar-refractivity contribution in [3.05, 3.63) is 34.8 Å². The smallest absolute Gasteiger partial charge is 0.226 e. The largest absolute Gasteiger partial charge is 0.354 e. The Balaban J connectivity index is 2.04. The zero-order chi connectivity index (χ0) is 14.8. The minimum Gasteiger partial charge on any atom is -0.354 e. The van der Waals surface area contributed by atoms with Crippen molar-refractivity contribution in [2.45, 2.75) is 6.92 Å². The summed E-state index contributed by atoms with van der Waals surface area (Å²) in [6.45, 7) is 2.66. The van der Waals surface area contributed by atoms with Gasteiger partial charge < -0.3 is 15.6 Å². The molecule has 0 aliphatic carbocycles. The topological polar surface area (TPSA) is 78.5 Å². The predicted octanol–water partition coefficient (Wildman–Crippen LogP) is 3.43. The molecule has 0 aliphatic rings. The molecule has 21 heavy (non-hydrogen) atoms. The SMILES string of the molecule is CCNc1nc(Nc2ccc(F)cc2Br)c2[nH]cnc2n1. The number of hydrogen-bond acceptors (Lipinski definition) is 5. The molecular weight excluding hydrogens is 339 g/mol. The fourth-order valence-corrected chi connectivity index (χ4v) is 2.33. The number of H-pyrrole nitrogens is 1. The monoisotopic (exact) mass is 350 g/mol. The van der Waals surface area contributed by atoms with E-state index in [0.29, 0.717) is 39.6 Å². The van der Waals surface area contributed by atoms with Gasteiger partial charge in [-0.05, 0) is 41.1 Å². The van der Waals surface area contributed by atoms with Gasteiger partial charge in [0, 0.05) is 11.0 Å². The van der Waals surface area contributed by atoms with Crippen molar-refractivity contribution in [3.63, 3.8) is 0 Å². The summed E-state index contributed by atoms with van der Waals surface area (Å²) < 4.78 is 13.8. The second kappa shape index (κ2) is 5.65. The van der Waals surface area contributed by atoms with Gasteiger partial charge in [-0.2, -0.15) is 9.97 Å². The molecule has 0 fully saturated rings. The molecule has 8 heteroatoms. The standard InChI is InChI=1S/C13H12BrFN6/c1-2-16-13-20-11-10(17-6-18-11)12(21-13)19-9-4-3-7(15)5-8(9)14/h3-6H,2H2,1H3,(H3,16,17,18,19,20,21). The molecule has 3 rings (SSSR count). The van der Waals surface area contributed by atoms with E-state index in [9.17, 15) is 4.39 Å². The number of nitrogens with one attached hydrogen (secondary N) is 3. The van der Waals surface area contributed by atoms with Gasteiger partial charge in [-0.3, -0.25) is 0 Å². The number of halogens is 2. The summed E-state index contributed by atoms with van der Waals surface area (Å²) in [5, 5.41) is 6.20. The number of imidazole rings is 1. The molecule has 0 aliphatic heterocycles. The molecule has 1 aromatic carbocycles. The fraction of sp³-hybridized carbons (Fsp3) is 0.154. The molecular formula is C13H12BrFN6. The molecule has 3 N–H and O–H groups in total. The van der Waals surface area contributed by atoms with Crippen LogP contribution in [0.15, 0.2) is 29.0 Å². The van der Waals surface area contributed by atoms with Crippen LogP contribution < -0.4 is 10.6 Å². The van der Waals surface area contributed by atoms with Crippen molar-refractivity contribution in [2.75, 3.05) is 17.2 Å². The first-order valence-corrected chi connectivity index (χ1v) is 7.13. The van der Waals surface area contributed by atoms with Gasteiger partial charge in [-0.25, -0.2) is 9.37 Å². The summed E-state index contributed by atoms with van der Waals surface area (Å²) in [6.07, 6.45) is 1.56. The Morgan fingerprint density at radius 1 is 1.33 bits per heavy atom. The lowest BCUT2D eigenvalue weighted by Gasteiger charge is -2.10. The number of fused-ring (bicyclic) bond motifs is 1. The van der Waals surface area contributed by atoms with E-state index in [2.05, 4.69) is 46.5 Å². The molecule has 2 heterocycles. The molecule has 0 amide bonds. The lowest BCUT2D eigenvalue weighted by Crippen LogP contribution is -2.05. The van der Waals surface area contributed by atoms with E-state index in [1.54, 1.807) is 12.4 Å². The van der Waals surface area contributed by atoms with Crippen LogP contribution in [-0.2, 0) is 0 Å². The number of nitrogens with zero attached hydrogens (tertiary/aromatic N) is 3. The van der Waals surface area contributed by atoms with Crippen molar-refractivity contribution in [3.8, 4) is 0 Å². The van der Waals surface area contributed by atoms with Gasteiger partial charge in [-0.1, -0.05) is 0 Å². The number of aromatic amines is 1. The lowest BCUT2D eigenvalue weighted by atomic mass is 10.3. The van der Waals surface area contributed by atoms with E-state index in [1.165, 1.54) is 12.1 Å². The van der Waals surface area contributed by atoms with Crippen LogP contribution in [0.5, 0.6) is 0 Å². The van der Waals surface area contributed by atoms with E-state index in [-0.39, 0.29) is 5.82 Å². The van der Waals surface area contributed by atoms with E-state index in [4.69, 9.17) is 0 Å². The molecule has 0 spiro atoms. The quantitative estimate of drug-likeness (QED) is 0.671. The number of benzene rings is 1. The highest BCUT2D eigenvalue weighted by atomic mass is 79.9. The van der Waals surface area contributed by atoms with E-state index >= 15 is 0 Å². The average molecular weight is 351 g/mol. The molecule has 0 atom stereocenters. The summed E-state index contributed by atoms with van der Waals surface area (Å²) in [4.78, 5) is 15.8. The van der Waals surface area contributed by atoms with Gasteiger partial charge >= 0.3 is 0 Å². The normalized spacial score (nSPS) is 10.8. The average Bonchev–Trinajstić information content (AvgIpc) is 2.91. The first kappa shape index (κ1) is 13.7. The summed E-state index contributed by atoms with van der Waals surface area (Å²) in [6, 6.07) is 4.40. The fourth-order valence-electron chi connectivity index (χ4n) is 1.88. The third-order valence-corrected chi connectivity index (χ3v) is 3.46. The summed E-state index contributed by atoms with van der Waals surface area (Å²) in [5.41, 5.74) is 1.95. The predicted molar refractivity (Wildman–Crippen MR) is 83.2 cm³/mol. The number of hydrogen-bond donors (Lipinski definition) is 3. The van der Waals surface area contributed by atoms with Crippen LogP contribution in [0.3, 0.4) is 0 Å². The molecule has 0 bridgehead atoms. The maximum Gasteiger partial charge on any atom is 0.226 e. The molecule has 6 nitrogen and oxygen atoms in total. The minimum atomic E-state index is -0.310. The Morgan fingerprint density at radius 3 is 2.95 bits per heavy atom. The zero-order valence-corrected chi connectivity index (χ0v) is 12.7. The Morgan fingerprint density at radius 2 is 2.19 bits per heavy atom. The van der Waals surface area contributed by atoms with E-state index < -0.39 is 0 Å². The summed E-state index contributed by atoms with van der Waals surface area (Å²) in [7, 11) is 0. The number of aromatic nitrogens is 4. The van der Waals surface area contributed by atoms with Crippen LogP contribution in [0.1, 0.15) is 6.92 Å². The first-order chi connectivity index (χ1) is 10.2. The van der Waals surface area contributed by atoms with Crippen LogP contribution in [0.2, 0.25) is 0 Å². The highest BCUT2D eigenvalue weighted by molar-refractivity contribution is 9.10. The van der Waals surface area contributed by atoms with Crippen molar-refractivity contribution in [1.82, 2.24) is 19.9 Å². The highest BCUT2D eigenvalue weighted by Crippen LogP contribution is 2.28. The maximum atomic E-state index is 13.1. The summed E-state index contributed by atoms with van der Waals surface area (Å²) >= 11 is 3.32. The Bertz CT molecular complexity index is 787. The van der Waals surface area contributed by atoms with Gasteiger partial charge in [0.15, 0.2) is 11.5 Å². The highest BCUT2D eigenvalue weighted by Gasteiger charge is 2.11. The van der Waals surface area contributed by atoms with Gasteiger partial charge in [0.1, 0.15) is 11.3 Å². The second-order valence-corrected chi connectivity index (χ2v) is 5.13. The molecule has 2 aromatic heterocycles. The first-order valence-electron chi connectivity index (χ1n) is 6.34. The van der Waals surface area contributed by atoms with Crippen molar-refractivity contribution >= 4 is 44.5 Å². The van der Waals surface area contributed by atoms with E-state index in [1.807, 2.05) is 6.92 Å². The minimum absolute atomic E-state index is 0.310. The zero-order valence-electron chi connectivity index (χ0n) is 11.1. The molecule has 0 radical (unpaired) electrons. The molecule has 0 unspecified atom stereocenters. The Hall–Kier alpha value is -2.22. The molecule has 108 valence electrons. The molecule has 0 saturated carbocycles. The third kappa shape index (κ3) is 2.80. The van der Waals surface area contributed by atoms with Gasteiger partial charge in [0.25, 0.3) is 0 Å². The van der Waals surface area contributed by atoms with Crippen LogP contribution in [0.25, 0.3) is 11.2 Å². The van der Waals surface area contributed by atoms with Gasteiger partial charge in [-0.15, -0.1) is 0 Å². The van der Waals surface area contributed by atoms with Crippen molar-refractivity contribution in [2.24, 2.45) is 0 Å². The Labute approximate surface area is 128 Å². The van der Waals surface area contributed by atoms with Crippen LogP contribution >= 0.6 is 15.9 Å². The molecule has 0 saturated heterocycles. The second-order valence-electron chi connectivity index (χ2n) is 4.28. The summed E-state index contributed by atoms with van der Waals surface area (Å²) in [5.74, 6) is 0.744. The number of anilines is 3. The van der Waals surface area contributed by atoms with Crippen LogP contribution in [0, 0.1) is 5.82 Å². The molecule has 3 aromatic rings.